The predicted octanol–water partition coefficient (Wildman–Crippen LogP) is 6.03. The summed E-state index contributed by atoms with van der Waals surface area (Å²) in [5, 5.41) is 5.28. The zero-order valence-corrected chi connectivity index (χ0v) is 18.5. The van der Waals surface area contributed by atoms with Crippen LogP contribution < -0.4 is 5.43 Å². The molecule has 0 unspecified atom stereocenters. The third-order valence-electron chi connectivity index (χ3n) is 4.35. The highest BCUT2D eigenvalue weighted by molar-refractivity contribution is 7.99. The highest BCUT2D eigenvalue weighted by atomic mass is 35.5. The van der Waals surface area contributed by atoms with Gasteiger partial charge in [0.25, 0.3) is 0 Å². The van der Waals surface area contributed by atoms with E-state index >= 15 is 0 Å². The minimum Gasteiger partial charge on any atom is -0.316 e. The van der Waals surface area contributed by atoms with Crippen molar-refractivity contribution in [1.29, 1.82) is 0 Å². The molecule has 0 radical (unpaired) electrons. The van der Waals surface area contributed by atoms with E-state index < -0.39 is 0 Å². The zero-order valence-electron chi connectivity index (χ0n) is 16.2. The van der Waals surface area contributed by atoms with Crippen LogP contribution in [0.1, 0.15) is 23.4 Å². The number of hydrogen-bond donors (Lipinski definition) is 1. The Morgan fingerprint density at radius 2 is 1.90 bits per heavy atom. The average Bonchev–Trinajstić information content (AvgIpc) is 2.96. The van der Waals surface area contributed by atoms with Crippen molar-refractivity contribution in [2.24, 2.45) is 5.10 Å². The van der Waals surface area contributed by atoms with E-state index in [1.165, 1.54) is 0 Å². The SMILES string of the molecule is Cc1cc(/C=N\NC(=O)CCSc2ccccc2)c(C)n1-c1ccc(Cl)cc1Cl. The molecule has 3 aromatic rings. The second kappa shape index (κ2) is 10.0. The molecule has 0 saturated carbocycles. The normalized spacial score (nSPS) is 11.2. The molecule has 3 rings (SSSR count). The number of nitrogens with one attached hydrogen (secondary N) is 1. The van der Waals surface area contributed by atoms with Crippen LogP contribution in [0.3, 0.4) is 0 Å². The molecule has 150 valence electrons. The van der Waals surface area contributed by atoms with E-state index in [4.69, 9.17) is 23.2 Å². The first kappa shape index (κ1) is 21.5. The fourth-order valence-electron chi connectivity index (χ4n) is 2.96. The van der Waals surface area contributed by atoms with Gasteiger partial charge in [0.05, 0.1) is 16.9 Å². The van der Waals surface area contributed by atoms with Gasteiger partial charge in [-0.1, -0.05) is 41.4 Å². The maximum absolute atomic E-state index is 12.0. The molecule has 4 nitrogen and oxygen atoms in total. The van der Waals surface area contributed by atoms with Crippen molar-refractivity contribution in [1.82, 2.24) is 9.99 Å². The van der Waals surface area contributed by atoms with Crippen molar-refractivity contribution in [3.63, 3.8) is 0 Å². The Labute approximate surface area is 184 Å². The van der Waals surface area contributed by atoms with Crippen LogP contribution >= 0.6 is 35.0 Å². The minimum absolute atomic E-state index is 0.112. The van der Waals surface area contributed by atoms with Crippen molar-refractivity contribution in [3.8, 4) is 5.69 Å². The fraction of sp³-hybridized carbons (Fsp3) is 0.182. The maximum Gasteiger partial charge on any atom is 0.240 e. The smallest absolute Gasteiger partial charge is 0.240 e. The fourth-order valence-corrected chi connectivity index (χ4v) is 4.33. The van der Waals surface area contributed by atoms with E-state index in [9.17, 15) is 4.79 Å². The van der Waals surface area contributed by atoms with Crippen LogP contribution in [-0.2, 0) is 4.79 Å². The molecule has 1 N–H and O–H groups in total. The molecule has 0 bridgehead atoms. The van der Waals surface area contributed by atoms with Crippen molar-refractivity contribution in [3.05, 3.63) is 81.6 Å². The lowest BCUT2D eigenvalue weighted by Crippen LogP contribution is -2.17. The first-order valence-corrected chi connectivity index (χ1v) is 10.8. The highest BCUT2D eigenvalue weighted by Crippen LogP contribution is 2.28. The summed E-state index contributed by atoms with van der Waals surface area (Å²) in [7, 11) is 0. The number of hydrogen-bond acceptors (Lipinski definition) is 3. The first-order chi connectivity index (χ1) is 14.0. The summed E-state index contributed by atoms with van der Waals surface area (Å²) >= 11 is 14.0. The van der Waals surface area contributed by atoms with Gasteiger partial charge in [-0.2, -0.15) is 5.10 Å². The molecule has 2 aromatic carbocycles. The number of aryl methyl sites for hydroxylation is 1. The molecule has 0 aliphatic rings. The molecule has 0 spiro atoms. The number of amides is 1. The standard InChI is InChI=1S/C22H21Cl2N3OS/c1-15-12-17(16(2)27(15)21-9-8-18(23)13-20(21)24)14-25-26-22(28)10-11-29-19-6-4-3-5-7-19/h3-9,12-14H,10-11H2,1-2H3,(H,26,28)/b25-14-. The van der Waals surface area contributed by atoms with Crippen LogP contribution in [0.25, 0.3) is 5.69 Å². The van der Waals surface area contributed by atoms with E-state index in [2.05, 4.69) is 10.5 Å². The van der Waals surface area contributed by atoms with E-state index in [0.717, 1.165) is 27.5 Å². The van der Waals surface area contributed by atoms with E-state index in [1.807, 2.05) is 66.9 Å². The van der Waals surface area contributed by atoms with Gasteiger partial charge in [-0.25, -0.2) is 5.43 Å². The topological polar surface area (TPSA) is 46.4 Å². The molecular weight excluding hydrogens is 425 g/mol. The Morgan fingerprint density at radius 1 is 1.14 bits per heavy atom. The van der Waals surface area contributed by atoms with Crippen molar-refractivity contribution >= 4 is 47.1 Å². The number of thioether (sulfide) groups is 1. The summed E-state index contributed by atoms with van der Waals surface area (Å²) in [5.41, 5.74) is 6.35. The van der Waals surface area contributed by atoms with Gasteiger partial charge in [0.2, 0.25) is 5.91 Å². The quantitative estimate of drug-likeness (QED) is 0.274. The van der Waals surface area contributed by atoms with Crippen molar-refractivity contribution < 1.29 is 4.79 Å². The summed E-state index contributed by atoms with van der Waals surface area (Å²) in [4.78, 5) is 13.2. The Morgan fingerprint density at radius 3 is 2.62 bits per heavy atom. The van der Waals surface area contributed by atoms with Crippen molar-refractivity contribution in [2.45, 2.75) is 25.2 Å². The average molecular weight is 446 g/mol. The maximum atomic E-state index is 12.0. The molecule has 0 fully saturated rings. The molecule has 7 heteroatoms. The van der Waals surface area contributed by atoms with Gasteiger partial charge in [0.1, 0.15) is 0 Å². The number of hydrazone groups is 1. The number of rotatable bonds is 7. The van der Waals surface area contributed by atoms with Gasteiger partial charge in [-0.3, -0.25) is 4.79 Å². The monoisotopic (exact) mass is 445 g/mol. The molecule has 0 saturated heterocycles. The number of nitrogens with zero attached hydrogens (tertiary/aromatic N) is 2. The van der Waals surface area contributed by atoms with Crippen LogP contribution in [0.2, 0.25) is 10.0 Å². The second-order valence-corrected chi connectivity index (χ2v) is 8.47. The Balaban J connectivity index is 1.60. The summed E-state index contributed by atoms with van der Waals surface area (Å²) in [6.45, 7) is 3.98. The molecule has 29 heavy (non-hydrogen) atoms. The summed E-state index contributed by atoms with van der Waals surface area (Å²) in [5.74, 6) is 0.591. The van der Waals surface area contributed by atoms with Crippen molar-refractivity contribution in [2.75, 3.05) is 5.75 Å². The molecular formula is C22H21Cl2N3OS. The number of halogens is 2. The van der Waals surface area contributed by atoms with Gasteiger partial charge in [-0.05, 0) is 50.2 Å². The largest absolute Gasteiger partial charge is 0.316 e. The lowest BCUT2D eigenvalue weighted by Gasteiger charge is -2.11. The third kappa shape index (κ3) is 5.66. The van der Waals surface area contributed by atoms with E-state index in [1.54, 1.807) is 24.0 Å². The molecule has 1 aromatic heterocycles. The minimum atomic E-state index is -0.112. The molecule has 1 amide bonds. The number of carbonyl (C=O) groups excluding carboxylic acids is 1. The summed E-state index contributed by atoms with van der Waals surface area (Å²) in [6.07, 6.45) is 2.06. The summed E-state index contributed by atoms with van der Waals surface area (Å²) < 4.78 is 2.04. The zero-order chi connectivity index (χ0) is 20.8. The molecule has 0 atom stereocenters. The second-order valence-electron chi connectivity index (χ2n) is 6.46. The Kier molecular flexibility index (Phi) is 7.42. The van der Waals surface area contributed by atoms with E-state index in [-0.39, 0.29) is 5.91 Å². The highest BCUT2D eigenvalue weighted by Gasteiger charge is 2.12. The lowest BCUT2D eigenvalue weighted by atomic mass is 10.2. The van der Waals surface area contributed by atoms with Crippen LogP contribution in [0.5, 0.6) is 0 Å². The number of aromatic nitrogens is 1. The van der Waals surface area contributed by atoms with Gasteiger partial charge in [0, 0.05) is 39.0 Å². The van der Waals surface area contributed by atoms with Crippen LogP contribution in [0, 0.1) is 13.8 Å². The summed E-state index contributed by atoms with van der Waals surface area (Å²) in [6, 6.07) is 17.4. The molecule has 1 heterocycles. The van der Waals surface area contributed by atoms with Crippen LogP contribution in [0.4, 0.5) is 0 Å². The van der Waals surface area contributed by atoms with E-state index in [0.29, 0.717) is 22.2 Å². The van der Waals surface area contributed by atoms with Gasteiger partial charge >= 0.3 is 0 Å². The first-order valence-electron chi connectivity index (χ1n) is 9.10. The third-order valence-corrected chi connectivity index (χ3v) is 5.91. The van der Waals surface area contributed by atoms with Gasteiger partial charge in [0.15, 0.2) is 0 Å². The number of benzene rings is 2. The molecule has 0 aliphatic heterocycles. The molecule has 0 aliphatic carbocycles. The Hall–Kier alpha value is -2.21. The van der Waals surface area contributed by atoms with Gasteiger partial charge in [-0.15, -0.1) is 11.8 Å². The lowest BCUT2D eigenvalue weighted by molar-refractivity contribution is -0.120. The Bertz CT molecular complexity index is 1030. The van der Waals surface area contributed by atoms with Crippen LogP contribution in [0.15, 0.2) is 64.6 Å². The number of carbonyl (C=O) groups is 1. The van der Waals surface area contributed by atoms with Gasteiger partial charge < -0.3 is 4.57 Å². The van der Waals surface area contributed by atoms with Crippen LogP contribution in [-0.4, -0.2) is 22.4 Å². The predicted molar refractivity (Wildman–Crippen MR) is 123 cm³/mol.